The molecule has 2 rings (SSSR count). The summed E-state index contributed by atoms with van der Waals surface area (Å²) in [5, 5.41) is 18.4. The van der Waals surface area contributed by atoms with Crippen LogP contribution in [-0.4, -0.2) is 26.5 Å². The molecule has 5 heteroatoms. The SMILES string of the molecule is O=Cc1cnc(-c2ccc(O)c(O)c2)nc1. The van der Waals surface area contributed by atoms with Crippen LogP contribution >= 0.6 is 0 Å². The van der Waals surface area contributed by atoms with Crippen LogP contribution < -0.4 is 0 Å². The monoisotopic (exact) mass is 216 g/mol. The number of hydrogen-bond acceptors (Lipinski definition) is 5. The van der Waals surface area contributed by atoms with Crippen molar-refractivity contribution in [1.29, 1.82) is 0 Å². The number of aromatic hydroxyl groups is 2. The van der Waals surface area contributed by atoms with Crippen molar-refractivity contribution in [2.75, 3.05) is 0 Å². The quantitative estimate of drug-likeness (QED) is 0.585. The smallest absolute Gasteiger partial charge is 0.159 e. The fourth-order valence-corrected chi connectivity index (χ4v) is 1.21. The molecule has 1 aromatic heterocycles. The van der Waals surface area contributed by atoms with E-state index in [4.69, 9.17) is 5.11 Å². The van der Waals surface area contributed by atoms with Gasteiger partial charge in [0, 0.05) is 18.0 Å². The van der Waals surface area contributed by atoms with E-state index >= 15 is 0 Å². The van der Waals surface area contributed by atoms with Gasteiger partial charge in [-0.2, -0.15) is 0 Å². The van der Waals surface area contributed by atoms with Crippen LogP contribution in [0.1, 0.15) is 10.4 Å². The van der Waals surface area contributed by atoms with Crippen molar-refractivity contribution >= 4 is 6.29 Å². The van der Waals surface area contributed by atoms with Crippen LogP contribution in [-0.2, 0) is 0 Å². The van der Waals surface area contributed by atoms with Gasteiger partial charge in [0.05, 0.1) is 5.56 Å². The normalized spacial score (nSPS) is 10.0. The second-order valence-corrected chi connectivity index (χ2v) is 3.16. The predicted molar refractivity (Wildman–Crippen MR) is 56.2 cm³/mol. The van der Waals surface area contributed by atoms with Gasteiger partial charge in [-0.1, -0.05) is 0 Å². The molecule has 0 fully saturated rings. The molecule has 0 saturated heterocycles. The van der Waals surface area contributed by atoms with E-state index in [1.807, 2.05) is 0 Å². The van der Waals surface area contributed by atoms with Crippen LogP contribution in [0.25, 0.3) is 11.4 Å². The summed E-state index contributed by atoms with van der Waals surface area (Å²) in [5.74, 6) is -0.0604. The Labute approximate surface area is 91.0 Å². The number of hydrogen-bond donors (Lipinski definition) is 2. The fraction of sp³-hybridized carbons (Fsp3) is 0. The third-order valence-electron chi connectivity index (χ3n) is 2.04. The van der Waals surface area contributed by atoms with E-state index in [9.17, 15) is 9.90 Å². The zero-order valence-electron chi connectivity index (χ0n) is 8.16. The van der Waals surface area contributed by atoms with Crippen molar-refractivity contribution in [2.24, 2.45) is 0 Å². The molecule has 0 unspecified atom stereocenters. The highest BCUT2D eigenvalue weighted by Gasteiger charge is 2.05. The maximum absolute atomic E-state index is 10.4. The minimum Gasteiger partial charge on any atom is -0.504 e. The second kappa shape index (κ2) is 3.98. The molecule has 0 saturated carbocycles. The molecule has 0 aliphatic heterocycles. The first kappa shape index (κ1) is 10.1. The summed E-state index contributed by atoms with van der Waals surface area (Å²) in [7, 11) is 0. The summed E-state index contributed by atoms with van der Waals surface area (Å²) in [6.07, 6.45) is 3.43. The molecule has 0 aliphatic carbocycles. The molecule has 0 aliphatic rings. The molecular formula is C11H8N2O3. The maximum atomic E-state index is 10.4. The summed E-state index contributed by atoms with van der Waals surface area (Å²) in [4.78, 5) is 18.3. The van der Waals surface area contributed by atoms with Gasteiger partial charge in [0.15, 0.2) is 23.6 Å². The van der Waals surface area contributed by atoms with Crippen molar-refractivity contribution in [1.82, 2.24) is 9.97 Å². The van der Waals surface area contributed by atoms with Gasteiger partial charge < -0.3 is 10.2 Å². The van der Waals surface area contributed by atoms with E-state index in [-0.39, 0.29) is 11.5 Å². The highest BCUT2D eigenvalue weighted by molar-refractivity contribution is 5.74. The van der Waals surface area contributed by atoms with E-state index in [1.165, 1.54) is 24.5 Å². The number of nitrogens with zero attached hydrogens (tertiary/aromatic N) is 2. The van der Waals surface area contributed by atoms with Gasteiger partial charge in [-0.25, -0.2) is 9.97 Å². The van der Waals surface area contributed by atoms with Crippen molar-refractivity contribution in [3.8, 4) is 22.9 Å². The van der Waals surface area contributed by atoms with E-state index < -0.39 is 0 Å². The predicted octanol–water partition coefficient (Wildman–Crippen LogP) is 1.37. The number of phenolic OH excluding ortho intramolecular Hbond substituents is 2. The van der Waals surface area contributed by atoms with Crippen LogP contribution in [0, 0.1) is 0 Å². The number of benzene rings is 1. The summed E-state index contributed by atoms with van der Waals surface area (Å²) in [6.45, 7) is 0. The van der Waals surface area contributed by atoms with Gasteiger partial charge >= 0.3 is 0 Å². The minimum absolute atomic E-state index is 0.201. The Balaban J connectivity index is 2.42. The first-order chi connectivity index (χ1) is 7.70. The van der Waals surface area contributed by atoms with Crippen molar-refractivity contribution in [3.05, 3.63) is 36.2 Å². The number of phenols is 2. The van der Waals surface area contributed by atoms with Gasteiger partial charge in [0.1, 0.15) is 0 Å². The molecule has 1 aromatic carbocycles. The lowest BCUT2D eigenvalue weighted by Crippen LogP contribution is -1.90. The van der Waals surface area contributed by atoms with Crippen molar-refractivity contribution in [2.45, 2.75) is 0 Å². The summed E-state index contributed by atoms with van der Waals surface area (Å²) < 4.78 is 0. The van der Waals surface area contributed by atoms with Crippen LogP contribution in [0.2, 0.25) is 0 Å². The molecule has 2 N–H and O–H groups in total. The highest BCUT2D eigenvalue weighted by atomic mass is 16.3. The van der Waals surface area contributed by atoms with Crippen LogP contribution in [0.3, 0.4) is 0 Å². The van der Waals surface area contributed by atoms with Gasteiger partial charge in [-0.3, -0.25) is 4.79 Å². The van der Waals surface area contributed by atoms with E-state index in [1.54, 1.807) is 6.07 Å². The lowest BCUT2D eigenvalue weighted by molar-refractivity contribution is 0.112. The standard InChI is InChI=1S/C11H8N2O3/c14-6-7-4-12-11(13-5-7)8-1-2-9(15)10(16)3-8/h1-6,15-16H. The van der Waals surface area contributed by atoms with Crippen LogP contribution in [0.5, 0.6) is 11.5 Å². The zero-order chi connectivity index (χ0) is 11.5. The Morgan fingerprint density at radius 1 is 1.06 bits per heavy atom. The van der Waals surface area contributed by atoms with E-state index in [0.29, 0.717) is 23.2 Å². The molecule has 5 nitrogen and oxygen atoms in total. The van der Waals surface area contributed by atoms with Crippen molar-refractivity contribution in [3.63, 3.8) is 0 Å². The molecule has 16 heavy (non-hydrogen) atoms. The van der Waals surface area contributed by atoms with Crippen LogP contribution in [0.15, 0.2) is 30.6 Å². The van der Waals surface area contributed by atoms with E-state index in [0.717, 1.165) is 0 Å². The Morgan fingerprint density at radius 3 is 2.31 bits per heavy atom. The molecule has 2 aromatic rings. The summed E-state index contributed by atoms with van der Waals surface area (Å²) >= 11 is 0. The molecule has 0 radical (unpaired) electrons. The van der Waals surface area contributed by atoms with Gasteiger partial charge in [0.2, 0.25) is 0 Å². The van der Waals surface area contributed by atoms with Gasteiger partial charge in [-0.15, -0.1) is 0 Å². The molecule has 0 amide bonds. The molecule has 0 bridgehead atoms. The van der Waals surface area contributed by atoms with Crippen LogP contribution in [0.4, 0.5) is 0 Å². The summed E-state index contributed by atoms with van der Waals surface area (Å²) in [5.41, 5.74) is 0.944. The number of carbonyl (C=O) groups is 1. The maximum Gasteiger partial charge on any atom is 0.159 e. The molecule has 0 atom stereocenters. The van der Waals surface area contributed by atoms with Gasteiger partial charge in [-0.05, 0) is 18.2 Å². The Bertz CT molecular complexity index is 523. The second-order valence-electron chi connectivity index (χ2n) is 3.16. The minimum atomic E-state index is -0.236. The first-order valence-electron chi connectivity index (χ1n) is 4.50. The molecule has 1 heterocycles. The first-order valence-corrected chi connectivity index (χ1v) is 4.50. The Kier molecular flexibility index (Phi) is 2.51. The molecular weight excluding hydrogens is 208 g/mol. The average molecular weight is 216 g/mol. The highest BCUT2D eigenvalue weighted by Crippen LogP contribution is 2.28. The lowest BCUT2D eigenvalue weighted by atomic mass is 10.2. The van der Waals surface area contributed by atoms with Gasteiger partial charge in [0.25, 0.3) is 0 Å². The topological polar surface area (TPSA) is 83.3 Å². The number of rotatable bonds is 2. The van der Waals surface area contributed by atoms with Crippen molar-refractivity contribution < 1.29 is 15.0 Å². The number of aldehydes is 1. The fourth-order valence-electron chi connectivity index (χ4n) is 1.21. The third kappa shape index (κ3) is 1.83. The number of carbonyl (C=O) groups excluding carboxylic acids is 1. The lowest BCUT2D eigenvalue weighted by Gasteiger charge is -2.02. The summed E-state index contributed by atoms with van der Waals surface area (Å²) in [6, 6.07) is 4.28. The molecule has 80 valence electrons. The Hall–Kier alpha value is -2.43. The average Bonchev–Trinajstić information content (AvgIpc) is 2.33. The van der Waals surface area contributed by atoms with E-state index in [2.05, 4.69) is 9.97 Å². The zero-order valence-corrected chi connectivity index (χ0v) is 8.16. The molecule has 0 spiro atoms. The largest absolute Gasteiger partial charge is 0.504 e. The third-order valence-corrected chi connectivity index (χ3v) is 2.04. The Morgan fingerprint density at radius 2 is 1.75 bits per heavy atom. The number of aromatic nitrogens is 2.